The third-order valence-electron chi connectivity index (χ3n) is 3.21. The lowest BCUT2D eigenvalue weighted by Gasteiger charge is -2.19. The summed E-state index contributed by atoms with van der Waals surface area (Å²) in [6, 6.07) is 6.71. The van der Waals surface area contributed by atoms with Crippen LogP contribution in [0.5, 0.6) is 5.75 Å². The molecular weight excluding hydrogens is 314 g/mol. The lowest BCUT2D eigenvalue weighted by Crippen LogP contribution is -2.27. The van der Waals surface area contributed by atoms with Crippen LogP contribution in [0.2, 0.25) is 0 Å². The highest BCUT2D eigenvalue weighted by Crippen LogP contribution is 2.26. The molecule has 0 saturated heterocycles. The number of H-pyrrole nitrogens is 1. The van der Waals surface area contributed by atoms with Gasteiger partial charge in [0.15, 0.2) is 0 Å². The molecule has 114 valence electrons. The van der Waals surface area contributed by atoms with Crippen LogP contribution < -0.4 is 9.04 Å². The maximum Gasteiger partial charge on any atom is 0.283 e. The van der Waals surface area contributed by atoms with E-state index >= 15 is 0 Å². The van der Waals surface area contributed by atoms with Gasteiger partial charge in [0.05, 0.1) is 18.7 Å². The molecule has 1 heterocycles. The lowest BCUT2D eigenvalue weighted by molar-refractivity contribution is 0.415. The van der Waals surface area contributed by atoms with Gasteiger partial charge >= 0.3 is 0 Å². The van der Waals surface area contributed by atoms with E-state index < -0.39 is 10.0 Å². The second-order valence-electron chi connectivity index (χ2n) is 4.44. The van der Waals surface area contributed by atoms with E-state index in [1.807, 2.05) is 0 Å². The fraction of sp³-hybridized carbons (Fsp3) is 0.308. The van der Waals surface area contributed by atoms with Crippen molar-refractivity contribution in [1.29, 1.82) is 0 Å². The zero-order chi connectivity index (χ0) is 15.6. The quantitative estimate of drug-likeness (QED) is 0.854. The van der Waals surface area contributed by atoms with Gasteiger partial charge in [-0.1, -0.05) is 0 Å². The summed E-state index contributed by atoms with van der Waals surface area (Å²) < 4.78 is 31.5. The number of sulfonamides is 1. The molecule has 0 aliphatic carbocycles. The van der Waals surface area contributed by atoms with E-state index in [0.717, 1.165) is 4.31 Å². The number of aromatic nitrogens is 2. The Balaban J connectivity index is 2.42. The SMILES string of the molecule is COc1ccc(N(C)S(=O)(=O)c2n[nH]c(C)c2CCl)cc1. The van der Waals surface area contributed by atoms with E-state index in [2.05, 4.69) is 10.2 Å². The standard InChI is InChI=1S/C13H16ClN3O3S/c1-9-12(8-14)13(16-15-9)21(18,19)17(2)10-4-6-11(20-3)7-5-10/h4-7H,8H2,1-3H3,(H,15,16). The third-order valence-corrected chi connectivity index (χ3v) is 5.24. The van der Waals surface area contributed by atoms with Gasteiger partial charge in [0.2, 0.25) is 5.03 Å². The number of alkyl halides is 1. The Morgan fingerprint density at radius 3 is 2.48 bits per heavy atom. The van der Waals surface area contributed by atoms with Gasteiger partial charge in [0.25, 0.3) is 10.0 Å². The van der Waals surface area contributed by atoms with E-state index in [0.29, 0.717) is 22.7 Å². The number of halogens is 1. The average molecular weight is 330 g/mol. The largest absolute Gasteiger partial charge is 0.497 e. The first kappa shape index (κ1) is 15.7. The number of nitrogens with zero attached hydrogens (tertiary/aromatic N) is 2. The van der Waals surface area contributed by atoms with Crippen LogP contribution in [0.1, 0.15) is 11.3 Å². The summed E-state index contributed by atoms with van der Waals surface area (Å²) in [6.45, 7) is 1.73. The van der Waals surface area contributed by atoms with Crippen LogP contribution >= 0.6 is 11.6 Å². The molecule has 0 radical (unpaired) electrons. The van der Waals surface area contributed by atoms with E-state index in [1.165, 1.54) is 7.05 Å². The second-order valence-corrected chi connectivity index (χ2v) is 6.59. The molecule has 2 rings (SSSR count). The van der Waals surface area contributed by atoms with Crippen molar-refractivity contribution in [3.05, 3.63) is 35.5 Å². The molecule has 21 heavy (non-hydrogen) atoms. The topological polar surface area (TPSA) is 75.3 Å². The summed E-state index contributed by atoms with van der Waals surface area (Å²) in [5.74, 6) is 0.731. The van der Waals surface area contributed by atoms with Gasteiger partial charge in [0.1, 0.15) is 5.75 Å². The van der Waals surface area contributed by atoms with Crippen molar-refractivity contribution in [3.8, 4) is 5.75 Å². The minimum atomic E-state index is -3.77. The molecule has 1 N–H and O–H groups in total. The molecule has 0 unspecified atom stereocenters. The minimum absolute atomic E-state index is 0.0479. The molecule has 0 atom stereocenters. The number of nitrogens with one attached hydrogen (secondary N) is 1. The van der Waals surface area contributed by atoms with Crippen molar-refractivity contribution >= 4 is 27.3 Å². The predicted octanol–water partition coefficient (Wildman–Crippen LogP) is 2.29. The summed E-state index contributed by atoms with van der Waals surface area (Å²) in [4.78, 5) is 0. The third kappa shape index (κ3) is 2.84. The highest BCUT2D eigenvalue weighted by molar-refractivity contribution is 7.92. The molecule has 0 fully saturated rings. The first-order chi connectivity index (χ1) is 9.91. The fourth-order valence-electron chi connectivity index (χ4n) is 1.86. The smallest absolute Gasteiger partial charge is 0.283 e. The molecule has 6 nitrogen and oxygen atoms in total. The predicted molar refractivity (Wildman–Crippen MR) is 81.5 cm³/mol. The van der Waals surface area contributed by atoms with E-state index in [4.69, 9.17) is 16.3 Å². The van der Waals surface area contributed by atoms with E-state index in [9.17, 15) is 8.42 Å². The van der Waals surface area contributed by atoms with Gasteiger partial charge in [-0.05, 0) is 31.2 Å². The van der Waals surface area contributed by atoms with Gasteiger partial charge in [0, 0.05) is 18.3 Å². The zero-order valence-corrected chi connectivity index (χ0v) is 13.5. The molecule has 2 aromatic rings. The fourth-order valence-corrected chi connectivity index (χ4v) is 3.62. The van der Waals surface area contributed by atoms with E-state index in [1.54, 1.807) is 38.3 Å². The van der Waals surface area contributed by atoms with Gasteiger partial charge in [-0.15, -0.1) is 11.6 Å². The Hall–Kier alpha value is -1.73. The summed E-state index contributed by atoms with van der Waals surface area (Å²) in [5, 5.41) is 6.49. The molecule has 0 spiro atoms. The molecule has 1 aromatic heterocycles. The van der Waals surface area contributed by atoms with Crippen molar-refractivity contribution in [3.63, 3.8) is 0 Å². The van der Waals surface area contributed by atoms with Crippen LogP contribution in [0.4, 0.5) is 5.69 Å². The zero-order valence-electron chi connectivity index (χ0n) is 11.9. The number of ether oxygens (including phenoxy) is 1. The molecule has 0 aliphatic heterocycles. The van der Waals surface area contributed by atoms with Crippen molar-refractivity contribution in [2.24, 2.45) is 0 Å². The molecule has 1 aromatic carbocycles. The number of aryl methyl sites for hydroxylation is 1. The normalized spacial score (nSPS) is 11.4. The van der Waals surface area contributed by atoms with Crippen molar-refractivity contribution < 1.29 is 13.2 Å². The van der Waals surface area contributed by atoms with Crippen LogP contribution in [0.25, 0.3) is 0 Å². The van der Waals surface area contributed by atoms with Crippen molar-refractivity contribution in [2.75, 3.05) is 18.5 Å². The first-order valence-corrected chi connectivity index (χ1v) is 8.12. The maximum atomic E-state index is 12.6. The number of anilines is 1. The molecule has 0 amide bonds. The van der Waals surface area contributed by atoms with Gasteiger partial charge in [-0.25, -0.2) is 0 Å². The van der Waals surface area contributed by atoms with Crippen LogP contribution in [-0.4, -0.2) is 32.8 Å². The van der Waals surface area contributed by atoms with Gasteiger partial charge < -0.3 is 4.74 Å². The van der Waals surface area contributed by atoms with Gasteiger partial charge in [-0.2, -0.15) is 13.5 Å². The highest BCUT2D eigenvalue weighted by atomic mass is 35.5. The maximum absolute atomic E-state index is 12.6. The number of hydrogen-bond donors (Lipinski definition) is 1. The molecular formula is C13H16ClN3O3S. The van der Waals surface area contributed by atoms with Crippen LogP contribution in [-0.2, 0) is 15.9 Å². The summed E-state index contributed by atoms with van der Waals surface area (Å²) >= 11 is 5.82. The summed E-state index contributed by atoms with van der Waals surface area (Å²) in [6.07, 6.45) is 0. The Labute approximate surface area is 128 Å². The van der Waals surface area contributed by atoms with Crippen molar-refractivity contribution in [2.45, 2.75) is 17.8 Å². The summed E-state index contributed by atoms with van der Waals surface area (Å²) in [7, 11) is -0.746. The Morgan fingerprint density at radius 1 is 1.33 bits per heavy atom. The number of methoxy groups -OCH3 is 1. The molecule has 0 saturated carbocycles. The minimum Gasteiger partial charge on any atom is -0.497 e. The van der Waals surface area contributed by atoms with Crippen LogP contribution in [0.15, 0.2) is 29.3 Å². The second kappa shape index (κ2) is 5.95. The highest BCUT2D eigenvalue weighted by Gasteiger charge is 2.28. The number of rotatable bonds is 5. The number of aromatic amines is 1. The Bertz CT molecular complexity index is 726. The van der Waals surface area contributed by atoms with Crippen molar-refractivity contribution in [1.82, 2.24) is 10.2 Å². The first-order valence-electron chi connectivity index (χ1n) is 6.14. The molecule has 0 aliphatic rings. The Morgan fingerprint density at radius 2 is 1.95 bits per heavy atom. The van der Waals surface area contributed by atoms with Crippen LogP contribution in [0, 0.1) is 6.92 Å². The Kier molecular flexibility index (Phi) is 4.43. The number of hydrogen-bond acceptors (Lipinski definition) is 4. The van der Waals surface area contributed by atoms with Gasteiger partial charge in [-0.3, -0.25) is 9.40 Å². The monoisotopic (exact) mass is 329 g/mol. The average Bonchev–Trinajstić information content (AvgIpc) is 2.88. The molecule has 8 heteroatoms. The molecule has 0 bridgehead atoms. The van der Waals surface area contributed by atoms with E-state index in [-0.39, 0.29) is 10.9 Å². The summed E-state index contributed by atoms with van der Waals surface area (Å²) in [5.41, 5.74) is 1.64. The lowest BCUT2D eigenvalue weighted by atomic mass is 10.3. The number of benzene rings is 1. The van der Waals surface area contributed by atoms with Crippen LogP contribution in [0.3, 0.4) is 0 Å².